The summed E-state index contributed by atoms with van der Waals surface area (Å²) in [6.07, 6.45) is 0. The maximum atomic E-state index is 13.5. The fraction of sp³-hybridized carbons (Fsp3) is 0.0625. The molecule has 0 radical (unpaired) electrons. The van der Waals surface area contributed by atoms with E-state index >= 15 is 0 Å². The van der Waals surface area contributed by atoms with E-state index in [1.165, 1.54) is 18.2 Å². The van der Waals surface area contributed by atoms with E-state index in [2.05, 4.69) is 5.32 Å². The van der Waals surface area contributed by atoms with Crippen LogP contribution >= 0.6 is 11.6 Å². The van der Waals surface area contributed by atoms with E-state index in [0.29, 0.717) is 6.07 Å². The molecule has 0 atom stereocenters. The van der Waals surface area contributed by atoms with Gasteiger partial charge in [-0.15, -0.1) is 0 Å². The summed E-state index contributed by atoms with van der Waals surface area (Å²) in [6, 6.07) is 6.83. The van der Waals surface area contributed by atoms with Crippen LogP contribution in [0.1, 0.15) is 20.7 Å². The monoisotopic (exact) mass is 350 g/mol. The third kappa shape index (κ3) is 2.85. The van der Waals surface area contributed by atoms with Crippen LogP contribution in [0.5, 0.6) is 0 Å². The molecule has 2 aromatic rings. The molecular formula is C16H9ClF2N2O3. The minimum absolute atomic E-state index is 0.105. The second-order valence-electron chi connectivity index (χ2n) is 5.06. The van der Waals surface area contributed by atoms with Crippen LogP contribution in [0.3, 0.4) is 0 Å². The van der Waals surface area contributed by atoms with Crippen molar-refractivity contribution in [2.24, 2.45) is 0 Å². The number of amides is 3. The quantitative estimate of drug-likeness (QED) is 0.866. The summed E-state index contributed by atoms with van der Waals surface area (Å²) in [4.78, 5) is 37.1. The largest absolute Gasteiger partial charge is 0.322 e. The predicted octanol–water partition coefficient (Wildman–Crippen LogP) is 2.85. The Labute approximate surface area is 139 Å². The van der Waals surface area contributed by atoms with Crippen LogP contribution in [0, 0.1) is 11.6 Å². The minimum Gasteiger partial charge on any atom is -0.322 e. The minimum atomic E-state index is -0.961. The van der Waals surface area contributed by atoms with Gasteiger partial charge in [0.15, 0.2) is 0 Å². The highest BCUT2D eigenvalue weighted by molar-refractivity contribution is 6.32. The van der Waals surface area contributed by atoms with Crippen molar-refractivity contribution in [1.29, 1.82) is 0 Å². The molecule has 1 N–H and O–H groups in total. The summed E-state index contributed by atoms with van der Waals surface area (Å²) in [5, 5.41) is 2.48. The van der Waals surface area contributed by atoms with E-state index < -0.39 is 35.9 Å². The molecule has 1 aliphatic heterocycles. The van der Waals surface area contributed by atoms with Gasteiger partial charge in [-0.2, -0.15) is 0 Å². The van der Waals surface area contributed by atoms with Crippen molar-refractivity contribution in [3.63, 3.8) is 0 Å². The summed E-state index contributed by atoms with van der Waals surface area (Å²) in [5.74, 6) is -3.84. The molecule has 0 saturated carbocycles. The van der Waals surface area contributed by atoms with Crippen LogP contribution in [0.2, 0.25) is 5.02 Å². The van der Waals surface area contributed by atoms with Gasteiger partial charge < -0.3 is 5.32 Å². The van der Waals surface area contributed by atoms with Crippen molar-refractivity contribution >= 4 is 35.0 Å². The molecule has 1 aliphatic rings. The van der Waals surface area contributed by atoms with Crippen LogP contribution in [0.25, 0.3) is 0 Å². The lowest BCUT2D eigenvalue weighted by molar-refractivity contribution is -0.116. The van der Waals surface area contributed by atoms with Crippen molar-refractivity contribution in [3.05, 3.63) is 64.2 Å². The molecule has 5 nitrogen and oxygen atoms in total. The molecule has 3 rings (SSSR count). The van der Waals surface area contributed by atoms with E-state index in [4.69, 9.17) is 11.6 Å². The van der Waals surface area contributed by atoms with Crippen molar-refractivity contribution in [2.75, 3.05) is 11.9 Å². The zero-order valence-corrected chi connectivity index (χ0v) is 12.7. The number of nitrogens with zero attached hydrogens (tertiary/aromatic N) is 1. The lowest BCUT2D eigenvalue weighted by Gasteiger charge is -2.13. The molecule has 0 unspecified atom stereocenters. The van der Waals surface area contributed by atoms with E-state index in [1.54, 1.807) is 0 Å². The van der Waals surface area contributed by atoms with Gasteiger partial charge in [-0.1, -0.05) is 11.6 Å². The van der Waals surface area contributed by atoms with Crippen LogP contribution < -0.4 is 5.32 Å². The molecule has 122 valence electrons. The van der Waals surface area contributed by atoms with Crippen molar-refractivity contribution in [1.82, 2.24) is 4.90 Å². The van der Waals surface area contributed by atoms with E-state index in [-0.39, 0.29) is 21.8 Å². The number of rotatable bonds is 3. The molecule has 2 aromatic carbocycles. The summed E-state index contributed by atoms with van der Waals surface area (Å²) in [6.45, 7) is -0.596. The summed E-state index contributed by atoms with van der Waals surface area (Å²) in [7, 11) is 0. The Morgan fingerprint density at radius 2 is 1.75 bits per heavy atom. The van der Waals surface area contributed by atoms with Gasteiger partial charge in [-0.05, 0) is 30.3 Å². The molecule has 3 amide bonds. The summed E-state index contributed by atoms with van der Waals surface area (Å²) < 4.78 is 26.4. The maximum absolute atomic E-state index is 13.5. The van der Waals surface area contributed by atoms with Gasteiger partial charge in [0.25, 0.3) is 11.8 Å². The Bertz CT molecular complexity index is 886. The molecule has 0 bridgehead atoms. The van der Waals surface area contributed by atoms with Crippen molar-refractivity contribution in [2.45, 2.75) is 0 Å². The van der Waals surface area contributed by atoms with Crippen LogP contribution in [-0.2, 0) is 4.79 Å². The number of fused-ring (bicyclic) bond motifs is 1. The van der Waals surface area contributed by atoms with Gasteiger partial charge in [0, 0.05) is 11.1 Å². The number of carbonyl (C=O) groups is 3. The molecule has 0 aliphatic carbocycles. The Balaban J connectivity index is 1.76. The van der Waals surface area contributed by atoms with Crippen LogP contribution in [0.4, 0.5) is 14.5 Å². The zero-order valence-electron chi connectivity index (χ0n) is 12.0. The number of carbonyl (C=O) groups excluding carboxylic acids is 3. The number of benzene rings is 2. The third-order valence-electron chi connectivity index (χ3n) is 3.44. The van der Waals surface area contributed by atoms with E-state index in [0.717, 1.165) is 17.0 Å². The average molecular weight is 351 g/mol. The number of imide groups is 1. The van der Waals surface area contributed by atoms with Gasteiger partial charge in [0.2, 0.25) is 5.91 Å². The lowest BCUT2D eigenvalue weighted by Crippen LogP contribution is -2.37. The topological polar surface area (TPSA) is 66.5 Å². The maximum Gasteiger partial charge on any atom is 0.262 e. The van der Waals surface area contributed by atoms with Crippen LogP contribution in [-0.4, -0.2) is 29.2 Å². The van der Waals surface area contributed by atoms with Crippen molar-refractivity contribution in [3.8, 4) is 0 Å². The van der Waals surface area contributed by atoms with Gasteiger partial charge in [-0.25, -0.2) is 8.78 Å². The standard InChI is InChI=1S/C16H9ClF2N2O3/c17-8-1-3-10-11(5-8)16(24)21(15(10)23)7-14(22)20-13-4-2-9(18)6-12(13)19/h1-6H,7H2,(H,20,22). The first-order valence-electron chi connectivity index (χ1n) is 6.77. The first kappa shape index (κ1) is 16.1. The Morgan fingerprint density at radius 3 is 2.46 bits per heavy atom. The Hall–Kier alpha value is -2.80. The highest BCUT2D eigenvalue weighted by Gasteiger charge is 2.36. The summed E-state index contributed by atoms with van der Waals surface area (Å²) in [5.41, 5.74) is -0.000482. The molecule has 0 fully saturated rings. The summed E-state index contributed by atoms with van der Waals surface area (Å²) >= 11 is 5.79. The number of halogens is 3. The predicted molar refractivity (Wildman–Crippen MR) is 81.8 cm³/mol. The van der Waals surface area contributed by atoms with Gasteiger partial charge in [0.05, 0.1) is 16.8 Å². The zero-order chi connectivity index (χ0) is 17.4. The smallest absolute Gasteiger partial charge is 0.262 e. The molecule has 0 saturated heterocycles. The number of anilines is 1. The van der Waals surface area contributed by atoms with E-state index in [1.807, 2.05) is 0 Å². The average Bonchev–Trinajstić information content (AvgIpc) is 2.75. The molecule has 8 heteroatoms. The Kier molecular flexibility index (Phi) is 4.02. The van der Waals surface area contributed by atoms with Crippen molar-refractivity contribution < 1.29 is 23.2 Å². The van der Waals surface area contributed by atoms with Crippen LogP contribution in [0.15, 0.2) is 36.4 Å². The van der Waals surface area contributed by atoms with Gasteiger partial charge in [-0.3, -0.25) is 19.3 Å². The number of hydrogen-bond acceptors (Lipinski definition) is 3. The highest BCUT2D eigenvalue weighted by atomic mass is 35.5. The molecule has 1 heterocycles. The normalized spacial score (nSPS) is 13.2. The molecule has 0 aromatic heterocycles. The second kappa shape index (κ2) is 6.01. The van der Waals surface area contributed by atoms with E-state index in [9.17, 15) is 23.2 Å². The first-order chi connectivity index (χ1) is 11.4. The highest BCUT2D eigenvalue weighted by Crippen LogP contribution is 2.25. The Morgan fingerprint density at radius 1 is 1.04 bits per heavy atom. The third-order valence-corrected chi connectivity index (χ3v) is 3.67. The molecule has 0 spiro atoms. The van der Waals surface area contributed by atoms with Gasteiger partial charge >= 0.3 is 0 Å². The SMILES string of the molecule is O=C(CN1C(=O)c2ccc(Cl)cc2C1=O)Nc1ccc(F)cc1F. The fourth-order valence-corrected chi connectivity index (χ4v) is 2.50. The number of nitrogens with one attached hydrogen (secondary N) is 1. The molecule has 24 heavy (non-hydrogen) atoms. The fourth-order valence-electron chi connectivity index (χ4n) is 2.33. The first-order valence-corrected chi connectivity index (χ1v) is 7.15. The van der Waals surface area contributed by atoms with Gasteiger partial charge in [0.1, 0.15) is 18.2 Å². The molecular weight excluding hydrogens is 342 g/mol. The second-order valence-corrected chi connectivity index (χ2v) is 5.50. The number of hydrogen-bond donors (Lipinski definition) is 1. The lowest BCUT2D eigenvalue weighted by atomic mass is 10.1.